The summed E-state index contributed by atoms with van der Waals surface area (Å²) in [5, 5.41) is 0. The van der Waals surface area contributed by atoms with Gasteiger partial charge in [-0.2, -0.15) is 26.6 Å². The lowest BCUT2D eigenvalue weighted by Gasteiger charge is -2.26. The van der Waals surface area contributed by atoms with E-state index in [1.54, 1.807) is 0 Å². The number of nitrogens with zero attached hydrogens (tertiary/aromatic N) is 2. The Kier molecular flexibility index (Phi) is 4.15. The molecule has 0 bridgehead atoms. The summed E-state index contributed by atoms with van der Waals surface area (Å²) in [6.07, 6.45) is 0. The Morgan fingerprint density at radius 3 is 2.64 bits per heavy atom. The maximum absolute atomic E-state index is 12.3. The Bertz CT molecular complexity index is 692. The molecule has 0 radical (unpaired) electrons. The van der Waals surface area contributed by atoms with E-state index in [1.807, 2.05) is 0 Å². The average Bonchev–Trinajstić information content (AvgIpc) is 2.40. The van der Waals surface area contributed by atoms with Gasteiger partial charge in [-0.15, -0.1) is 0 Å². The number of ether oxygens (including phenoxy) is 1. The van der Waals surface area contributed by atoms with Gasteiger partial charge in [0, 0.05) is 6.07 Å². The van der Waals surface area contributed by atoms with E-state index in [1.165, 1.54) is 0 Å². The molecule has 22 heavy (non-hydrogen) atoms. The summed E-state index contributed by atoms with van der Waals surface area (Å²) in [4.78, 5) is 16.3. The summed E-state index contributed by atoms with van der Waals surface area (Å²) in [7, 11) is -5.86. The molecule has 2 rings (SSSR count). The van der Waals surface area contributed by atoms with Gasteiger partial charge in [0.25, 0.3) is 5.91 Å². The van der Waals surface area contributed by atoms with E-state index in [0.29, 0.717) is 0 Å². The Hall–Kier alpha value is -2.08. The summed E-state index contributed by atoms with van der Waals surface area (Å²) in [5.74, 6) is -1.55. The lowest BCUT2D eigenvalue weighted by molar-refractivity contribution is -0.125. The van der Waals surface area contributed by atoms with Crippen LogP contribution in [0.4, 0.5) is 24.7 Å². The summed E-state index contributed by atoms with van der Waals surface area (Å²) in [6, 6.07) is 1.94. The third-order valence-corrected chi connectivity index (χ3v) is 3.56. The van der Waals surface area contributed by atoms with Crippen LogP contribution in [0.5, 0.6) is 5.88 Å². The van der Waals surface area contributed by atoms with E-state index in [4.69, 9.17) is 10.5 Å². The van der Waals surface area contributed by atoms with E-state index in [9.17, 15) is 26.4 Å². The Labute approximate surface area is 122 Å². The number of nitrogen functional groups attached to an aromatic ring is 1. The van der Waals surface area contributed by atoms with Crippen LogP contribution in [-0.2, 0) is 19.6 Å². The van der Waals surface area contributed by atoms with Gasteiger partial charge in [-0.05, 0) is 6.07 Å². The number of amides is 1. The minimum atomic E-state index is -5.86. The number of halogens is 3. The van der Waals surface area contributed by atoms with Crippen molar-refractivity contribution in [2.24, 2.45) is 0 Å². The third-order valence-electron chi connectivity index (χ3n) is 2.60. The first-order valence-electron chi connectivity index (χ1n) is 5.77. The van der Waals surface area contributed by atoms with Crippen molar-refractivity contribution in [2.75, 3.05) is 30.4 Å². The number of hydrogen-bond acceptors (Lipinski definition) is 7. The molecule has 1 aromatic heterocycles. The molecule has 1 aliphatic heterocycles. The summed E-state index contributed by atoms with van der Waals surface area (Å²) in [5.41, 5.74) is -0.00591. The number of nitrogens with two attached hydrogens (primary N) is 1. The van der Waals surface area contributed by atoms with Gasteiger partial charge in [-0.25, -0.2) is 0 Å². The van der Waals surface area contributed by atoms with Crippen LogP contribution in [0.3, 0.4) is 0 Å². The molecular weight excluding hydrogens is 331 g/mol. The summed E-state index contributed by atoms with van der Waals surface area (Å²) in [6.45, 7) is 0.0113. The zero-order valence-corrected chi connectivity index (χ0v) is 11.6. The number of alkyl halides is 3. The molecule has 0 spiro atoms. The SMILES string of the molecule is Nc1ccc(OS(=O)(=O)C(F)(F)F)nc1N1CCOCC1=O. The highest BCUT2D eigenvalue weighted by Gasteiger charge is 2.49. The van der Waals surface area contributed by atoms with E-state index in [0.717, 1.165) is 17.0 Å². The predicted molar refractivity (Wildman–Crippen MR) is 67.4 cm³/mol. The molecule has 0 aliphatic carbocycles. The van der Waals surface area contributed by atoms with Crippen molar-refractivity contribution < 1.29 is 35.3 Å². The molecule has 1 amide bonds. The molecule has 0 aromatic carbocycles. The second-order valence-electron chi connectivity index (χ2n) is 4.14. The number of aromatic nitrogens is 1. The fourth-order valence-corrected chi connectivity index (χ4v) is 2.02. The van der Waals surface area contributed by atoms with Crippen LogP contribution in [0.2, 0.25) is 0 Å². The normalized spacial score (nSPS) is 16.7. The van der Waals surface area contributed by atoms with E-state index in [-0.39, 0.29) is 31.3 Å². The molecular formula is C10H10F3N3O5S. The van der Waals surface area contributed by atoms with Crippen LogP contribution in [-0.4, -0.2) is 44.6 Å². The van der Waals surface area contributed by atoms with Crippen LogP contribution in [0.1, 0.15) is 0 Å². The zero-order chi connectivity index (χ0) is 16.5. The molecule has 1 aromatic rings. The van der Waals surface area contributed by atoms with E-state index in [2.05, 4.69) is 9.17 Å². The second kappa shape index (κ2) is 5.61. The van der Waals surface area contributed by atoms with E-state index >= 15 is 0 Å². The van der Waals surface area contributed by atoms with Gasteiger partial charge >= 0.3 is 15.6 Å². The van der Waals surface area contributed by atoms with Crippen LogP contribution >= 0.6 is 0 Å². The molecule has 1 fully saturated rings. The maximum Gasteiger partial charge on any atom is 0.534 e. The van der Waals surface area contributed by atoms with Crippen molar-refractivity contribution in [3.63, 3.8) is 0 Å². The highest BCUT2D eigenvalue weighted by Crippen LogP contribution is 2.29. The quantitative estimate of drug-likeness (QED) is 0.620. The summed E-state index contributed by atoms with van der Waals surface area (Å²) < 4.78 is 67.5. The Morgan fingerprint density at radius 2 is 2.05 bits per heavy atom. The first kappa shape index (κ1) is 16.3. The van der Waals surface area contributed by atoms with Crippen molar-refractivity contribution >= 4 is 27.5 Å². The van der Waals surface area contributed by atoms with Gasteiger partial charge in [0.1, 0.15) is 6.61 Å². The summed E-state index contributed by atoms with van der Waals surface area (Å²) >= 11 is 0. The van der Waals surface area contributed by atoms with Gasteiger partial charge < -0.3 is 14.7 Å². The number of morpholine rings is 1. The predicted octanol–water partition coefficient (Wildman–Crippen LogP) is 0.255. The van der Waals surface area contributed by atoms with Gasteiger partial charge in [0.05, 0.1) is 18.8 Å². The molecule has 1 aliphatic rings. The molecule has 12 heteroatoms. The lowest BCUT2D eigenvalue weighted by Crippen LogP contribution is -2.42. The number of rotatable bonds is 3. The van der Waals surface area contributed by atoms with Crippen LogP contribution < -0.4 is 14.8 Å². The number of anilines is 2. The van der Waals surface area contributed by atoms with Crippen LogP contribution in [0, 0.1) is 0 Å². The second-order valence-corrected chi connectivity index (χ2v) is 5.68. The monoisotopic (exact) mass is 341 g/mol. The lowest BCUT2D eigenvalue weighted by atomic mass is 10.3. The Balaban J connectivity index is 2.33. The number of carbonyl (C=O) groups excluding carboxylic acids is 1. The molecule has 0 unspecified atom stereocenters. The van der Waals surface area contributed by atoms with Gasteiger partial charge in [-0.3, -0.25) is 9.69 Å². The van der Waals surface area contributed by atoms with Crippen LogP contribution in [0.15, 0.2) is 12.1 Å². The molecule has 8 nitrogen and oxygen atoms in total. The van der Waals surface area contributed by atoms with Gasteiger partial charge in [0.2, 0.25) is 5.88 Å². The Morgan fingerprint density at radius 1 is 1.36 bits per heavy atom. The molecule has 1 saturated heterocycles. The number of hydrogen-bond donors (Lipinski definition) is 1. The topological polar surface area (TPSA) is 112 Å². The highest BCUT2D eigenvalue weighted by atomic mass is 32.2. The van der Waals surface area contributed by atoms with Gasteiger partial charge in [0.15, 0.2) is 5.82 Å². The minimum absolute atomic E-state index is 0.0213. The zero-order valence-electron chi connectivity index (χ0n) is 10.8. The van der Waals surface area contributed by atoms with Crippen LogP contribution in [0.25, 0.3) is 0 Å². The first-order valence-corrected chi connectivity index (χ1v) is 7.18. The highest BCUT2D eigenvalue weighted by molar-refractivity contribution is 7.87. The standard InChI is InChI=1S/C10H10F3N3O5S/c11-10(12,13)22(18,19)21-7-2-1-6(14)9(15-7)16-3-4-20-5-8(16)17/h1-2H,3-5,14H2. The van der Waals surface area contributed by atoms with Crippen molar-refractivity contribution in [1.82, 2.24) is 4.98 Å². The third kappa shape index (κ3) is 3.22. The first-order chi connectivity index (χ1) is 10.1. The fraction of sp³-hybridized carbons (Fsp3) is 0.400. The fourth-order valence-electron chi connectivity index (χ4n) is 1.61. The molecule has 0 atom stereocenters. The maximum atomic E-state index is 12.3. The minimum Gasteiger partial charge on any atom is -0.396 e. The van der Waals surface area contributed by atoms with Crippen molar-refractivity contribution in [3.8, 4) is 5.88 Å². The molecule has 122 valence electrons. The van der Waals surface area contributed by atoms with Gasteiger partial charge in [-0.1, -0.05) is 0 Å². The smallest absolute Gasteiger partial charge is 0.396 e. The number of pyridine rings is 1. The average molecular weight is 341 g/mol. The van der Waals surface area contributed by atoms with Crippen molar-refractivity contribution in [2.45, 2.75) is 5.51 Å². The van der Waals surface area contributed by atoms with Crippen molar-refractivity contribution in [3.05, 3.63) is 12.1 Å². The van der Waals surface area contributed by atoms with Crippen molar-refractivity contribution in [1.29, 1.82) is 0 Å². The van der Waals surface area contributed by atoms with E-state index < -0.39 is 27.4 Å². The molecule has 0 saturated carbocycles. The number of carbonyl (C=O) groups is 1. The molecule has 2 heterocycles. The molecule has 2 N–H and O–H groups in total. The largest absolute Gasteiger partial charge is 0.534 e.